The quantitative estimate of drug-likeness (QED) is 0.760. The Morgan fingerprint density at radius 2 is 2.28 bits per heavy atom. The summed E-state index contributed by atoms with van der Waals surface area (Å²) in [7, 11) is 0. The summed E-state index contributed by atoms with van der Waals surface area (Å²) in [6, 6.07) is 1.70. The summed E-state index contributed by atoms with van der Waals surface area (Å²) in [5.74, 6) is 1.83. The fourth-order valence-corrected chi connectivity index (χ4v) is 1.84. The number of rotatable bonds is 5. The largest absolute Gasteiger partial charge is 0.469 e. The monoisotopic (exact) mass is 247 g/mol. The molecule has 0 spiro atoms. The molecule has 0 fully saturated rings. The van der Waals surface area contributed by atoms with E-state index in [1.807, 2.05) is 0 Å². The van der Waals surface area contributed by atoms with E-state index in [4.69, 9.17) is 4.42 Å². The van der Waals surface area contributed by atoms with E-state index in [1.165, 1.54) is 12.6 Å². The second-order valence-electron chi connectivity index (χ2n) is 4.74. The third-order valence-corrected chi connectivity index (χ3v) is 2.71. The molecular weight excluding hydrogens is 230 g/mol. The minimum absolute atomic E-state index is 0.0132. The molecule has 0 atom stereocenters. The highest BCUT2D eigenvalue weighted by atomic mass is 16.3. The van der Waals surface area contributed by atoms with Crippen molar-refractivity contribution in [2.24, 2.45) is 5.92 Å². The highest BCUT2D eigenvalue weighted by Gasteiger charge is 2.16. The second kappa shape index (κ2) is 5.16. The van der Waals surface area contributed by atoms with Gasteiger partial charge >= 0.3 is 0 Å². The van der Waals surface area contributed by atoms with Crippen molar-refractivity contribution >= 4 is 5.78 Å². The molecule has 0 aliphatic carbocycles. The van der Waals surface area contributed by atoms with Crippen molar-refractivity contribution < 1.29 is 9.21 Å². The Bertz CT molecular complexity index is 540. The molecule has 18 heavy (non-hydrogen) atoms. The molecule has 0 aliphatic rings. The molecule has 0 aliphatic heterocycles. The third-order valence-electron chi connectivity index (χ3n) is 2.71. The van der Waals surface area contributed by atoms with E-state index in [1.54, 1.807) is 17.7 Å². The van der Waals surface area contributed by atoms with Gasteiger partial charge in [0.1, 0.15) is 17.9 Å². The molecule has 2 aromatic rings. The molecule has 2 heterocycles. The van der Waals surface area contributed by atoms with E-state index in [0.29, 0.717) is 23.1 Å². The van der Waals surface area contributed by atoms with Crippen molar-refractivity contribution in [2.75, 3.05) is 0 Å². The van der Waals surface area contributed by atoms with Crippen LogP contribution >= 0.6 is 0 Å². The van der Waals surface area contributed by atoms with Crippen molar-refractivity contribution in [1.82, 2.24) is 14.8 Å². The molecule has 0 aromatic carbocycles. The Balaban J connectivity index is 2.13. The average Bonchev–Trinajstić information content (AvgIpc) is 2.88. The normalized spacial score (nSPS) is 11.1. The van der Waals surface area contributed by atoms with E-state index >= 15 is 0 Å². The van der Waals surface area contributed by atoms with E-state index in [-0.39, 0.29) is 12.2 Å². The number of carbonyl (C=O) groups is 1. The number of hydrogen-bond donors (Lipinski definition) is 0. The Labute approximate surface area is 106 Å². The van der Waals surface area contributed by atoms with Crippen molar-refractivity contribution in [3.8, 4) is 0 Å². The number of carbonyl (C=O) groups excluding carboxylic acids is 1. The minimum atomic E-state index is 0.0132. The highest BCUT2D eigenvalue weighted by molar-refractivity contribution is 5.97. The van der Waals surface area contributed by atoms with Crippen LogP contribution in [-0.4, -0.2) is 20.5 Å². The molecule has 2 rings (SSSR count). The predicted molar refractivity (Wildman–Crippen MR) is 66.3 cm³/mol. The Kier molecular flexibility index (Phi) is 3.60. The van der Waals surface area contributed by atoms with Crippen molar-refractivity contribution in [3.05, 3.63) is 35.8 Å². The van der Waals surface area contributed by atoms with Gasteiger partial charge in [-0.2, -0.15) is 5.10 Å². The van der Waals surface area contributed by atoms with Crippen LogP contribution in [0.2, 0.25) is 0 Å². The van der Waals surface area contributed by atoms with E-state index in [0.717, 1.165) is 6.54 Å². The first-order valence-electron chi connectivity index (χ1n) is 6.02. The molecule has 0 N–H and O–H groups in total. The van der Waals surface area contributed by atoms with Crippen molar-refractivity contribution in [3.63, 3.8) is 0 Å². The maximum atomic E-state index is 12.1. The zero-order valence-electron chi connectivity index (χ0n) is 10.9. The summed E-state index contributed by atoms with van der Waals surface area (Å²) in [6.07, 6.45) is 3.28. The maximum absolute atomic E-state index is 12.1. The van der Waals surface area contributed by atoms with Gasteiger partial charge in [-0.3, -0.25) is 4.79 Å². The maximum Gasteiger partial charge on any atom is 0.173 e. The summed E-state index contributed by atoms with van der Waals surface area (Å²) in [5.41, 5.74) is 0.620. The van der Waals surface area contributed by atoms with Gasteiger partial charge in [0.2, 0.25) is 0 Å². The van der Waals surface area contributed by atoms with Crippen LogP contribution in [0.4, 0.5) is 0 Å². The third kappa shape index (κ3) is 2.67. The van der Waals surface area contributed by atoms with Gasteiger partial charge in [0.05, 0.1) is 18.2 Å². The summed E-state index contributed by atoms with van der Waals surface area (Å²) in [6.45, 7) is 6.76. The second-order valence-corrected chi connectivity index (χ2v) is 4.74. The Morgan fingerprint density at radius 1 is 1.50 bits per heavy atom. The number of furan rings is 1. The zero-order valence-corrected chi connectivity index (χ0v) is 10.9. The smallest absolute Gasteiger partial charge is 0.173 e. The molecule has 96 valence electrons. The number of hydrogen-bond acceptors (Lipinski definition) is 4. The average molecular weight is 247 g/mol. The van der Waals surface area contributed by atoms with Gasteiger partial charge in [-0.15, -0.1) is 0 Å². The van der Waals surface area contributed by atoms with E-state index < -0.39 is 0 Å². The first kappa shape index (κ1) is 12.5. The van der Waals surface area contributed by atoms with Crippen molar-refractivity contribution in [2.45, 2.75) is 33.7 Å². The molecule has 0 bridgehead atoms. The fourth-order valence-electron chi connectivity index (χ4n) is 1.84. The van der Waals surface area contributed by atoms with Gasteiger partial charge in [0.15, 0.2) is 5.78 Å². The first-order valence-corrected chi connectivity index (χ1v) is 6.02. The molecule has 0 amide bonds. The van der Waals surface area contributed by atoms with Crippen LogP contribution in [0.25, 0.3) is 0 Å². The van der Waals surface area contributed by atoms with Crippen LogP contribution in [0, 0.1) is 12.8 Å². The van der Waals surface area contributed by atoms with Gasteiger partial charge < -0.3 is 4.42 Å². The van der Waals surface area contributed by atoms with Crippen LogP contribution in [0.3, 0.4) is 0 Å². The fraction of sp³-hybridized carbons (Fsp3) is 0.462. The molecule has 0 unspecified atom stereocenters. The lowest BCUT2D eigenvalue weighted by atomic mass is 10.1. The molecular formula is C13H17N3O2. The van der Waals surface area contributed by atoms with Crippen LogP contribution in [0.5, 0.6) is 0 Å². The highest BCUT2D eigenvalue weighted by Crippen LogP contribution is 2.12. The summed E-state index contributed by atoms with van der Waals surface area (Å²) >= 11 is 0. The number of ketones is 1. The Hall–Kier alpha value is -1.91. The standard InChI is InChI=1S/C13H17N3O2/c1-9(2)7-16-13(14-8-15-16)6-12(17)11-4-5-18-10(11)3/h4-5,8-9H,6-7H2,1-3H3. The lowest BCUT2D eigenvalue weighted by molar-refractivity contribution is 0.0987. The number of Topliss-reactive ketones (excluding diaryl/α,β-unsaturated/α-hetero) is 1. The molecule has 0 saturated carbocycles. The lowest BCUT2D eigenvalue weighted by Crippen LogP contribution is -2.14. The first-order chi connectivity index (χ1) is 8.58. The van der Waals surface area contributed by atoms with Gasteiger partial charge in [0, 0.05) is 6.54 Å². The molecule has 5 nitrogen and oxygen atoms in total. The Morgan fingerprint density at radius 3 is 2.89 bits per heavy atom. The van der Waals surface area contributed by atoms with E-state index in [2.05, 4.69) is 23.9 Å². The molecule has 0 saturated heterocycles. The zero-order chi connectivity index (χ0) is 13.1. The summed E-state index contributed by atoms with van der Waals surface area (Å²) in [4.78, 5) is 16.2. The SMILES string of the molecule is Cc1occc1C(=O)Cc1ncnn1CC(C)C. The molecule has 5 heteroatoms. The predicted octanol–water partition coefficient (Wildman–Crippen LogP) is 2.26. The van der Waals surface area contributed by atoms with Gasteiger partial charge in [-0.05, 0) is 18.9 Å². The number of nitrogens with zero attached hydrogens (tertiary/aromatic N) is 3. The minimum Gasteiger partial charge on any atom is -0.469 e. The summed E-state index contributed by atoms with van der Waals surface area (Å²) < 4.78 is 6.93. The van der Waals surface area contributed by atoms with Crippen LogP contribution in [0.15, 0.2) is 23.1 Å². The van der Waals surface area contributed by atoms with Gasteiger partial charge in [0.25, 0.3) is 0 Å². The van der Waals surface area contributed by atoms with E-state index in [9.17, 15) is 4.79 Å². The summed E-state index contributed by atoms with van der Waals surface area (Å²) in [5, 5.41) is 4.14. The number of aryl methyl sites for hydroxylation is 1. The van der Waals surface area contributed by atoms with Crippen LogP contribution < -0.4 is 0 Å². The van der Waals surface area contributed by atoms with Crippen molar-refractivity contribution in [1.29, 1.82) is 0 Å². The topological polar surface area (TPSA) is 60.9 Å². The van der Waals surface area contributed by atoms with Gasteiger partial charge in [-0.1, -0.05) is 13.8 Å². The lowest BCUT2D eigenvalue weighted by Gasteiger charge is -2.07. The number of aromatic nitrogens is 3. The molecule has 0 radical (unpaired) electrons. The van der Waals surface area contributed by atoms with Gasteiger partial charge in [-0.25, -0.2) is 9.67 Å². The molecule has 2 aromatic heterocycles. The van der Waals surface area contributed by atoms with Crippen LogP contribution in [-0.2, 0) is 13.0 Å². The van der Waals surface area contributed by atoms with Crippen LogP contribution in [0.1, 0.15) is 35.8 Å².